The Morgan fingerprint density at radius 1 is 1.47 bits per heavy atom. The van der Waals surface area contributed by atoms with Crippen molar-refractivity contribution < 1.29 is 13.9 Å². The van der Waals surface area contributed by atoms with Crippen LogP contribution in [0.2, 0.25) is 0 Å². The molecule has 0 aliphatic rings. The van der Waals surface area contributed by atoms with Crippen molar-refractivity contribution in [3.8, 4) is 0 Å². The van der Waals surface area contributed by atoms with Crippen molar-refractivity contribution in [2.24, 2.45) is 5.92 Å². The molecule has 0 radical (unpaired) electrons. The Kier molecular flexibility index (Phi) is 4.31. The van der Waals surface area contributed by atoms with Crippen molar-refractivity contribution in [1.29, 1.82) is 0 Å². The highest BCUT2D eigenvalue weighted by atomic mass is 19.1. The van der Waals surface area contributed by atoms with Gasteiger partial charge in [0.15, 0.2) is 0 Å². The highest BCUT2D eigenvalue weighted by molar-refractivity contribution is 5.81. The van der Waals surface area contributed by atoms with Crippen LogP contribution < -0.4 is 11.1 Å². The van der Waals surface area contributed by atoms with Crippen LogP contribution in [0.25, 0.3) is 0 Å². The summed E-state index contributed by atoms with van der Waals surface area (Å²) in [7, 11) is 1.33. The number of nitrogen functional groups attached to an aromatic ring is 1. The number of nitrogens with two attached hydrogens (primary N) is 1. The summed E-state index contributed by atoms with van der Waals surface area (Å²) in [6.45, 7) is 3.77. The third kappa shape index (κ3) is 3.34. The van der Waals surface area contributed by atoms with Gasteiger partial charge in [-0.2, -0.15) is 0 Å². The lowest BCUT2D eigenvalue weighted by atomic mass is 10.0. The fraction of sp³-hybridized carbons (Fsp3) is 0.417. The maximum absolute atomic E-state index is 12.9. The first-order valence-electron chi connectivity index (χ1n) is 5.35. The maximum Gasteiger partial charge on any atom is 0.328 e. The minimum Gasteiger partial charge on any atom is -0.467 e. The minimum atomic E-state index is -0.507. The zero-order valence-corrected chi connectivity index (χ0v) is 10.2. The average molecular weight is 240 g/mol. The van der Waals surface area contributed by atoms with Crippen LogP contribution in [0.1, 0.15) is 13.8 Å². The van der Waals surface area contributed by atoms with Crippen molar-refractivity contribution in [1.82, 2.24) is 0 Å². The van der Waals surface area contributed by atoms with Crippen LogP contribution in [0.15, 0.2) is 18.2 Å². The highest BCUT2D eigenvalue weighted by Gasteiger charge is 2.23. The van der Waals surface area contributed by atoms with Gasteiger partial charge in [0.1, 0.15) is 11.9 Å². The molecule has 1 unspecified atom stereocenters. The molecule has 1 aromatic carbocycles. The summed E-state index contributed by atoms with van der Waals surface area (Å²) in [5, 5.41) is 2.96. The predicted molar refractivity (Wildman–Crippen MR) is 65.1 cm³/mol. The molecule has 5 heteroatoms. The lowest BCUT2D eigenvalue weighted by molar-refractivity contribution is -0.142. The SMILES string of the molecule is COC(=O)C(Nc1ccc(F)cc1N)C(C)C. The molecule has 0 aromatic heterocycles. The third-order valence-electron chi connectivity index (χ3n) is 2.45. The molecular weight excluding hydrogens is 223 g/mol. The van der Waals surface area contributed by atoms with Crippen molar-refractivity contribution in [3.63, 3.8) is 0 Å². The fourth-order valence-electron chi connectivity index (χ4n) is 1.46. The van der Waals surface area contributed by atoms with Crippen LogP contribution in [0, 0.1) is 11.7 Å². The van der Waals surface area contributed by atoms with Gasteiger partial charge in [-0.1, -0.05) is 13.8 Å². The molecule has 1 rings (SSSR count). The standard InChI is InChI=1S/C12H17FN2O2/c1-7(2)11(12(16)17-3)15-10-5-4-8(13)6-9(10)14/h4-7,11,15H,14H2,1-3H3. The summed E-state index contributed by atoms with van der Waals surface area (Å²) in [4.78, 5) is 11.5. The molecular formula is C12H17FN2O2. The second-order valence-corrected chi connectivity index (χ2v) is 4.12. The van der Waals surface area contributed by atoms with Crippen LogP contribution in [-0.2, 0) is 9.53 Å². The van der Waals surface area contributed by atoms with E-state index in [4.69, 9.17) is 10.5 Å². The van der Waals surface area contributed by atoms with Crippen molar-refractivity contribution in [3.05, 3.63) is 24.0 Å². The first-order valence-corrected chi connectivity index (χ1v) is 5.35. The summed E-state index contributed by atoms with van der Waals surface area (Å²) in [5.74, 6) is -0.747. The summed E-state index contributed by atoms with van der Waals surface area (Å²) in [6, 6.07) is 3.49. The van der Waals surface area contributed by atoms with Gasteiger partial charge in [0.25, 0.3) is 0 Å². The number of esters is 1. The maximum atomic E-state index is 12.9. The Morgan fingerprint density at radius 3 is 2.59 bits per heavy atom. The molecule has 4 nitrogen and oxygen atoms in total. The number of methoxy groups -OCH3 is 1. The lowest BCUT2D eigenvalue weighted by Gasteiger charge is -2.21. The van der Waals surface area contributed by atoms with Gasteiger partial charge < -0.3 is 15.8 Å². The predicted octanol–water partition coefficient (Wildman–Crippen LogP) is 2.02. The second kappa shape index (κ2) is 5.52. The van der Waals surface area contributed by atoms with E-state index in [0.29, 0.717) is 5.69 Å². The normalized spacial score (nSPS) is 12.3. The van der Waals surface area contributed by atoms with Gasteiger partial charge in [-0.05, 0) is 24.1 Å². The van der Waals surface area contributed by atoms with E-state index < -0.39 is 11.9 Å². The van der Waals surface area contributed by atoms with Gasteiger partial charge >= 0.3 is 5.97 Å². The number of ether oxygens (including phenoxy) is 1. The van der Waals surface area contributed by atoms with Crippen molar-refractivity contribution >= 4 is 17.3 Å². The van der Waals surface area contributed by atoms with Crippen LogP contribution >= 0.6 is 0 Å². The van der Waals surface area contributed by atoms with E-state index in [0.717, 1.165) is 0 Å². The Labute approximate surface area is 100.0 Å². The molecule has 0 aliphatic carbocycles. The van der Waals surface area contributed by atoms with Gasteiger partial charge in [0.2, 0.25) is 0 Å². The van der Waals surface area contributed by atoms with E-state index in [2.05, 4.69) is 5.32 Å². The van der Waals surface area contributed by atoms with Crippen molar-refractivity contribution in [2.75, 3.05) is 18.2 Å². The van der Waals surface area contributed by atoms with Crippen LogP contribution in [0.5, 0.6) is 0 Å². The number of carbonyl (C=O) groups excluding carboxylic acids is 1. The Bertz CT molecular complexity index is 407. The molecule has 0 aliphatic heterocycles. The van der Waals surface area contributed by atoms with E-state index in [1.165, 1.54) is 25.3 Å². The summed E-state index contributed by atoms with van der Waals surface area (Å²) < 4.78 is 17.6. The molecule has 1 atom stereocenters. The molecule has 0 amide bonds. The quantitative estimate of drug-likeness (QED) is 0.624. The van der Waals surface area contributed by atoms with Gasteiger partial charge in [-0.3, -0.25) is 0 Å². The van der Waals surface area contributed by atoms with E-state index in [1.807, 2.05) is 13.8 Å². The number of benzene rings is 1. The molecule has 0 bridgehead atoms. The van der Waals surface area contributed by atoms with Gasteiger partial charge in [0.05, 0.1) is 18.5 Å². The smallest absolute Gasteiger partial charge is 0.328 e. The van der Waals surface area contributed by atoms with E-state index in [-0.39, 0.29) is 17.6 Å². The Hall–Kier alpha value is -1.78. The monoisotopic (exact) mass is 240 g/mol. The molecule has 17 heavy (non-hydrogen) atoms. The van der Waals surface area contributed by atoms with E-state index in [9.17, 15) is 9.18 Å². The number of anilines is 2. The minimum absolute atomic E-state index is 0.0342. The van der Waals surface area contributed by atoms with E-state index in [1.54, 1.807) is 0 Å². The van der Waals surface area contributed by atoms with Gasteiger partial charge in [0, 0.05) is 0 Å². The van der Waals surface area contributed by atoms with E-state index >= 15 is 0 Å². The van der Waals surface area contributed by atoms with Crippen LogP contribution in [0.3, 0.4) is 0 Å². The first kappa shape index (κ1) is 13.3. The number of hydrogen-bond acceptors (Lipinski definition) is 4. The van der Waals surface area contributed by atoms with Gasteiger partial charge in [-0.25, -0.2) is 9.18 Å². The largest absolute Gasteiger partial charge is 0.467 e. The number of hydrogen-bond donors (Lipinski definition) is 2. The lowest BCUT2D eigenvalue weighted by Crippen LogP contribution is -2.35. The number of rotatable bonds is 4. The van der Waals surface area contributed by atoms with Crippen LogP contribution in [-0.4, -0.2) is 19.1 Å². The summed E-state index contributed by atoms with van der Waals surface area (Å²) >= 11 is 0. The molecule has 0 saturated carbocycles. The zero-order chi connectivity index (χ0) is 13.0. The van der Waals surface area contributed by atoms with Gasteiger partial charge in [-0.15, -0.1) is 0 Å². The number of nitrogens with one attached hydrogen (secondary N) is 1. The molecule has 3 N–H and O–H groups in total. The second-order valence-electron chi connectivity index (χ2n) is 4.12. The molecule has 0 heterocycles. The Balaban J connectivity index is 2.90. The molecule has 0 spiro atoms. The average Bonchev–Trinajstić information content (AvgIpc) is 2.26. The summed E-state index contributed by atoms with van der Waals surface area (Å²) in [6.07, 6.45) is 0. The number of halogens is 1. The first-order chi connectivity index (χ1) is 7.95. The molecule has 0 saturated heterocycles. The third-order valence-corrected chi connectivity index (χ3v) is 2.45. The summed E-state index contributed by atoms with van der Waals surface area (Å²) in [5.41, 5.74) is 6.44. The molecule has 94 valence electrons. The zero-order valence-electron chi connectivity index (χ0n) is 10.2. The van der Waals surface area contributed by atoms with Crippen LogP contribution in [0.4, 0.5) is 15.8 Å². The highest BCUT2D eigenvalue weighted by Crippen LogP contribution is 2.22. The Morgan fingerprint density at radius 2 is 2.12 bits per heavy atom. The number of carbonyl (C=O) groups is 1. The fourth-order valence-corrected chi connectivity index (χ4v) is 1.46. The molecule has 1 aromatic rings. The topological polar surface area (TPSA) is 64.3 Å². The van der Waals surface area contributed by atoms with Crippen molar-refractivity contribution in [2.45, 2.75) is 19.9 Å². The molecule has 0 fully saturated rings.